The molecule has 0 aliphatic carbocycles. The van der Waals surface area contributed by atoms with E-state index in [0.717, 1.165) is 0 Å². The highest BCUT2D eigenvalue weighted by Crippen LogP contribution is 2.19. The van der Waals surface area contributed by atoms with Gasteiger partial charge in [0.2, 0.25) is 35.4 Å². The highest BCUT2D eigenvalue weighted by molar-refractivity contribution is 6.43. The van der Waals surface area contributed by atoms with Gasteiger partial charge in [-0.1, -0.05) is 13.8 Å². The molecule has 64 heavy (non-hydrogen) atoms. The number of hydrogen-bond donors (Lipinski definition) is 11. The Morgan fingerprint density at radius 3 is 1.45 bits per heavy atom. The maximum Gasteiger partial charge on any atom is 0.475 e. The van der Waals surface area contributed by atoms with E-state index < -0.39 is 129 Å². The van der Waals surface area contributed by atoms with Crippen molar-refractivity contribution in [3.05, 3.63) is 0 Å². The molecule has 0 aromatic rings. The summed E-state index contributed by atoms with van der Waals surface area (Å²) in [6.45, 7) is 2.72. The van der Waals surface area contributed by atoms with E-state index in [4.69, 9.17) is 0 Å². The van der Waals surface area contributed by atoms with Crippen molar-refractivity contribution in [2.24, 2.45) is 5.92 Å². The Balaban J connectivity index is 1.88. The highest BCUT2D eigenvalue weighted by Gasteiger charge is 2.39. The Morgan fingerprint density at radius 2 is 1.03 bits per heavy atom. The van der Waals surface area contributed by atoms with Crippen LogP contribution in [0.1, 0.15) is 46.5 Å². The van der Waals surface area contributed by atoms with Crippen LogP contribution in [0.4, 0.5) is 0 Å². The second kappa shape index (κ2) is 27.7. The first-order valence-electron chi connectivity index (χ1n) is 20.9. The number of nitrogens with one attached hydrogen (secondary N) is 5. The summed E-state index contributed by atoms with van der Waals surface area (Å²) < 4.78 is 0. The summed E-state index contributed by atoms with van der Waals surface area (Å²) in [5.41, 5.74) is 0. The van der Waals surface area contributed by atoms with Gasteiger partial charge in [0.25, 0.3) is 0 Å². The molecule has 2 aliphatic heterocycles. The van der Waals surface area contributed by atoms with Crippen molar-refractivity contribution in [1.29, 1.82) is 0 Å². The van der Waals surface area contributed by atoms with Gasteiger partial charge in [0.15, 0.2) is 0 Å². The number of hydrogen-bond acceptors (Lipinski definition) is 16. The molecule has 360 valence electrons. The summed E-state index contributed by atoms with van der Waals surface area (Å²) in [5, 5.41) is 69.5. The van der Waals surface area contributed by atoms with Gasteiger partial charge in [-0.05, 0) is 32.1 Å². The maximum atomic E-state index is 13.0. The third-order valence-electron chi connectivity index (χ3n) is 10.6. The van der Waals surface area contributed by atoms with Gasteiger partial charge in [-0.15, -0.1) is 0 Å². The average molecular weight is 915 g/mol. The van der Waals surface area contributed by atoms with Crippen molar-refractivity contribution in [3.63, 3.8) is 0 Å². The fraction of sp³-hybridized carbons (Fsp3) is 0.730. The molecule has 0 aromatic carbocycles. The minimum atomic E-state index is -1.73. The summed E-state index contributed by atoms with van der Waals surface area (Å²) in [6, 6.07) is -3.42. The SMILES string of the molecule is CC(C)[C@H](NC(=O)CNC(=O)CNC(=O)CNC(=O)CCC(C(=O)O)N1CCN(CC(=O)O)CCN(CC(=O)O)CCN(CC(=O)O)CC1)C(=O)N[C@H](C)C(=O)N1CCC[C@H]1B(O)O. The van der Waals surface area contributed by atoms with Gasteiger partial charge in [-0.25, -0.2) is 0 Å². The van der Waals surface area contributed by atoms with Crippen molar-refractivity contribution in [2.75, 3.05) is 98.2 Å². The molecule has 0 radical (unpaired) electrons. The van der Waals surface area contributed by atoms with Gasteiger partial charge in [0.1, 0.15) is 18.1 Å². The number of amides is 6. The summed E-state index contributed by atoms with van der Waals surface area (Å²) >= 11 is 0. The first-order valence-corrected chi connectivity index (χ1v) is 20.9. The third-order valence-corrected chi connectivity index (χ3v) is 10.6. The zero-order valence-electron chi connectivity index (χ0n) is 36.4. The molecular formula is C37H63BN10O16. The van der Waals surface area contributed by atoms with Gasteiger partial charge in [-0.3, -0.25) is 67.5 Å². The number of aliphatic carboxylic acids is 4. The first kappa shape index (κ1) is 54.7. The van der Waals surface area contributed by atoms with Crippen LogP contribution in [0.15, 0.2) is 0 Å². The molecule has 0 saturated carbocycles. The second-order valence-electron chi connectivity index (χ2n) is 15.9. The van der Waals surface area contributed by atoms with E-state index >= 15 is 0 Å². The predicted octanol–water partition coefficient (Wildman–Crippen LogP) is -6.31. The third kappa shape index (κ3) is 20.4. The maximum absolute atomic E-state index is 13.0. The summed E-state index contributed by atoms with van der Waals surface area (Å²) in [4.78, 5) is 131. The highest BCUT2D eigenvalue weighted by atomic mass is 16.4. The van der Waals surface area contributed by atoms with Crippen LogP contribution < -0.4 is 26.6 Å². The summed E-state index contributed by atoms with van der Waals surface area (Å²) in [6.07, 6.45) is 0.340. The number of likely N-dealkylation sites (tertiary alicyclic amines) is 1. The zero-order valence-corrected chi connectivity index (χ0v) is 36.4. The van der Waals surface area contributed by atoms with Crippen molar-refractivity contribution in [2.45, 2.75) is 70.5 Å². The first-order chi connectivity index (χ1) is 30.1. The lowest BCUT2D eigenvalue weighted by atomic mass is 9.78. The molecule has 6 amide bonds. The molecular weight excluding hydrogens is 851 g/mol. The average Bonchev–Trinajstić information content (AvgIpc) is 3.70. The Labute approximate surface area is 370 Å². The van der Waals surface area contributed by atoms with Crippen molar-refractivity contribution >= 4 is 66.4 Å². The lowest BCUT2D eigenvalue weighted by molar-refractivity contribution is -0.145. The second-order valence-corrected chi connectivity index (χ2v) is 15.9. The van der Waals surface area contributed by atoms with E-state index in [0.29, 0.717) is 12.8 Å². The molecule has 0 bridgehead atoms. The van der Waals surface area contributed by atoms with E-state index in [1.54, 1.807) is 18.7 Å². The summed E-state index contributed by atoms with van der Waals surface area (Å²) in [7, 11) is -1.73. The Bertz CT molecular complexity index is 1630. The molecule has 2 rings (SSSR count). The number of carboxylic acids is 4. The fourth-order valence-corrected chi connectivity index (χ4v) is 7.14. The van der Waals surface area contributed by atoms with Crippen molar-refractivity contribution < 1.29 is 78.4 Å². The Morgan fingerprint density at radius 1 is 0.594 bits per heavy atom. The van der Waals surface area contributed by atoms with E-state index in [1.807, 2.05) is 0 Å². The van der Waals surface area contributed by atoms with Gasteiger partial charge in [0, 0.05) is 65.3 Å². The van der Waals surface area contributed by atoms with Crippen LogP contribution in [-0.4, -0.2) is 244 Å². The number of carbonyl (C=O) groups is 10. The summed E-state index contributed by atoms with van der Waals surface area (Å²) in [5.74, 6) is -10.2. The minimum absolute atomic E-state index is 0.00592. The number of carbonyl (C=O) groups excluding carboxylic acids is 6. The Hall–Kier alpha value is -5.48. The fourth-order valence-electron chi connectivity index (χ4n) is 7.14. The predicted molar refractivity (Wildman–Crippen MR) is 223 cm³/mol. The topological polar surface area (TPSA) is 368 Å². The molecule has 2 fully saturated rings. The lowest BCUT2D eigenvalue weighted by Gasteiger charge is -2.35. The largest absolute Gasteiger partial charge is 0.480 e. The Kier molecular flexibility index (Phi) is 23.6. The molecule has 26 nitrogen and oxygen atoms in total. The van der Waals surface area contributed by atoms with Crippen molar-refractivity contribution in [3.8, 4) is 0 Å². The van der Waals surface area contributed by atoms with E-state index in [9.17, 15) is 78.4 Å². The van der Waals surface area contributed by atoms with Crippen LogP contribution >= 0.6 is 0 Å². The number of rotatable bonds is 23. The molecule has 2 aliphatic rings. The van der Waals surface area contributed by atoms with Crippen LogP contribution in [-0.2, 0) is 47.9 Å². The standard InChI is InChI=1S/C37H63BN10O16/c1-23(2)34(35(59)42-24(3)36(60)48-8-4-5-26(48)38(63)64)43-30(52)19-41-29(51)18-40-28(50)17-39-27(49)7-6-25(37(61)62)47-15-13-45(21-32(55)56)11-9-44(20-31(53)54)10-12-46(14-16-47)22-33(57)58/h23-26,34,63-64H,4-22H2,1-3H3,(H,39,49)(H,40,50)(H,41,51)(H,42,59)(H,43,52)(H,53,54)(H,55,56)(H,57,58)(H,61,62)/t24-,25?,26+,34+/m1/s1. The van der Waals surface area contributed by atoms with E-state index in [1.165, 1.54) is 26.5 Å². The van der Waals surface area contributed by atoms with E-state index in [2.05, 4.69) is 26.6 Å². The van der Waals surface area contributed by atoms with Crippen molar-refractivity contribution in [1.82, 2.24) is 51.1 Å². The quantitative estimate of drug-likeness (QED) is 0.0425. The van der Waals surface area contributed by atoms with Gasteiger partial charge < -0.3 is 62.0 Å². The molecule has 11 N–H and O–H groups in total. The van der Waals surface area contributed by atoms with Gasteiger partial charge >= 0.3 is 31.0 Å². The van der Waals surface area contributed by atoms with Gasteiger partial charge in [-0.2, -0.15) is 0 Å². The molecule has 0 spiro atoms. The lowest BCUT2D eigenvalue weighted by Crippen LogP contribution is -2.57. The van der Waals surface area contributed by atoms with Crippen LogP contribution in [0.3, 0.4) is 0 Å². The van der Waals surface area contributed by atoms with E-state index in [-0.39, 0.29) is 78.3 Å². The van der Waals surface area contributed by atoms with Gasteiger partial charge in [0.05, 0.1) is 45.2 Å². The van der Waals surface area contributed by atoms with Crippen LogP contribution in [0, 0.1) is 5.92 Å². The van der Waals surface area contributed by atoms with Crippen LogP contribution in [0.2, 0.25) is 0 Å². The monoisotopic (exact) mass is 914 g/mol. The normalized spacial score (nSPS) is 18.6. The molecule has 0 aromatic heterocycles. The molecule has 27 heteroatoms. The molecule has 2 heterocycles. The zero-order chi connectivity index (χ0) is 48.1. The minimum Gasteiger partial charge on any atom is -0.480 e. The van der Waals surface area contributed by atoms with Crippen LogP contribution in [0.5, 0.6) is 0 Å². The number of nitrogens with zero attached hydrogens (tertiary/aromatic N) is 5. The smallest absolute Gasteiger partial charge is 0.475 e. The number of carboxylic acid groups (broad SMARTS) is 4. The molecule has 2 saturated heterocycles. The molecule has 4 atom stereocenters. The molecule has 1 unspecified atom stereocenters. The van der Waals surface area contributed by atoms with Crippen LogP contribution in [0.25, 0.3) is 0 Å².